The number of unbranched alkanes of at least 4 members (excludes halogenated alkanes) is 1. The molecule has 0 spiro atoms. The van der Waals surface area contributed by atoms with Crippen LogP contribution < -0.4 is 0 Å². The van der Waals surface area contributed by atoms with Crippen molar-refractivity contribution in [3.05, 3.63) is 58.9 Å². The van der Waals surface area contributed by atoms with E-state index in [0.717, 1.165) is 42.8 Å². The van der Waals surface area contributed by atoms with Gasteiger partial charge in [0.2, 0.25) is 5.91 Å². The number of benzene rings is 1. The minimum atomic E-state index is 0.296. The van der Waals surface area contributed by atoms with Crippen molar-refractivity contribution in [2.45, 2.75) is 58.2 Å². The van der Waals surface area contributed by atoms with Crippen molar-refractivity contribution in [1.82, 2.24) is 9.47 Å². The predicted molar refractivity (Wildman–Crippen MR) is 98.1 cm³/mol. The molecule has 0 aliphatic heterocycles. The molecule has 128 valence electrons. The average molecular weight is 345 g/mol. The highest BCUT2D eigenvalue weighted by molar-refractivity contribution is 6.31. The Hall–Kier alpha value is -1.74. The van der Waals surface area contributed by atoms with Gasteiger partial charge in [0.1, 0.15) is 0 Å². The fourth-order valence-electron chi connectivity index (χ4n) is 3.01. The van der Waals surface area contributed by atoms with Gasteiger partial charge >= 0.3 is 0 Å². The molecule has 1 saturated carbocycles. The fourth-order valence-corrected chi connectivity index (χ4v) is 3.21. The molecular weight excluding hydrogens is 320 g/mol. The van der Waals surface area contributed by atoms with E-state index in [1.165, 1.54) is 5.69 Å². The molecule has 0 unspecified atom stereocenters. The molecule has 0 saturated heterocycles. The molecule has 2 aromatic rings. The van der Waals surface area contributed by atoms with E-state index in [0.29, 0.717) is 24.9 Å². The zero-order valence-electron chi connectivity index (χ0n) is 14.2. The molecule has 1 fully saturated rings. The summed E-state index contributed by atoms with van der Waals surface area (Å²) in [6, 6.07) is 12.5. The first kappa shape index (κ1) is 17.1. The van der Waals surface area contributed by atoms with Gasteiger partial charge in [0, 0.05) is 35.9 Å². The van der Waals surface area contributed by atoms with Gasteiger partial charge in [0.25, 0.3) is 0 Å². The highest BCUT2D eigenvalue weighted by Crippen LogP contribution is 2.29. The summed E-state index contributed by atoms with van der Waals surface area (Å²) in [5.74, 6) is 0.296. The van der Waals surface area contributed by atoms with Crippen LogP contribution in [-0.2, 0) is 17.9 Å². The number of hydrogen-bond donors (Lipinski definition) is 0. The molecule has 1 amide bonds. The minimum Gasteiger partial charge on any atom is -0.345 e. The predicted octanol–water partition coefficient (Wildman–Crippen LogP) is 4.87. The van der Waals surface area contributed by atoms with Crippen LogP contribution in [0, 0.1) is 0 Å². The van der Waals surface area contributed by atoms with Crippen molar-refractivity contribution in [3.63, 3.8) is 0 Å². The number of hydrogen-bond acceptors (Lipinski definition) is 1. The maximum atomic E-state index is 12.5. The molecule has 1 aromatic carbocycles. The Balaban J connectivity index is 1.72. The second kappa shape index (κ2) is 7.89. The van der Waals surface area contributed by atoms with Crippen molar-refractivity contribution in [3.8, 4) is 0 Å². The van der Waals surface area contributed by atoms with E-state index >= 15 is 0 Å². The maximum Gasteiger partial charge on any atom is 0.223 e. The number of rotatable bonds is 8. The number of halogens is 1. The third-order valence-corrected chi connectivity index (χ3v) is 4.98. The van der Waals surface area contributed by atoms with Gasteiger partial charge in [0.05, 0.1) is 6.54 Å². The van der Waals surface area contributed by atoms with Crippen LogP contribution in [0.4, 0.5) is 0 Å². The number of nitrogens with zero attached hydrogens (tertiary/aromatic N) is 2. The number of amides is 1. The Kier molecular flexibility index (Phi) is 5.62. The van der Waals surface area contributed by atoms with Gasteiger partial charge in [0.15, 0.2) is 0 Å². The standard InChI is InChI=1S/C20H25ClN2O/c1-2-3-10-20(24)23(17-11-12-17)15-18-8-6-13-22(18)14-16-7-4-5-9-19(16)21/h4-9,13,17H,2-3,10-12,14-15H2,1H3. The van der Waals surface area contributed by atoms with E-state index in [1.807, 2.05) is 24.3 Å². The first-order valence-corrected chi connectivity index (χ1v) is 9.23. The zero-order valence-corrected chi connectivity index (χ0v) is 15.0. The van der Waals surface area contributed by atoms with Crippen LogP contribution in [0.3, 0.4) is 0 Å². The summed E-state index contributed by atoms with van der Waals surface area (Å²) in [6.07, 6.45) is 7.06. The second-order valence-electron chi connectivity index (χ2n) is 6.58. The van der Waals surface area contributed by atoms with Crippen LogP contribution in [0.25, 0.3) is 0 Å². The van der Waals surface area contributed by atoms with E-state index < -0.39 is 0 Å². The van der Waals surface area contributed by atoms with E-state index in [1.54, 1.807) is 0 Å². The van der Waals surface area contributed by atoms with Crippen LogP contribution in [-0.4, -0.2) is 21.4 Å². The monoisotopic (exact) mass is 344 g/mol. The smallest absolute Gasteiger partial charge is 0.223 e. The van der Waals surface area contributed by atoms with Gasteiger partial charge < -0.3 is 9.47 Å². The fraction of sp³-hybridized carbons (Fsp3) is 0.450. The lowest BCUT2D eigenvalue weighted by atomic mass is 10.2. The van der Waals surface area contributed by atoms with Crippen molar-refractivity contribution >= 4 is 17.5 Å². The lowest BCUT2D eigenvalue weighted by Gasteiger charge is -2.23. The van der Waals surface area contributed by atoms with Crippen molar-refractivity contribution in [2.75, 3.05) is 0 Å². The first-order chi connectivity index (χ1) is 11.7. The lowest BCUT2D eigenvalue weighted by Crippen LogP contribution is -2.33. The Bertz CT molecular complexity index is 690. The Morgan fingerprint density at radius 2 is 2.04 bits per heavy atom. The summed E-state index contributed by atoms with van der Waals surface area (Å²) in [7, 11) is 0. The maximum absolute atomic E-state index is 12.5. The Morgan fingerprint density at radius 1 is 1.25 bits per heavy atom. The topological polar surface area (TPSA) is 25.2 Å². The molecule has 4 heteroatoms. The summed E-state index contributed by atoms with van der Waals surface area (Å²) in [5.41, 5.74) is 2.28. The lowest BCUT2D eigenvalue weighted by molar-refractivity contribution is -0.132. The summed E-state index contributed by atoms with van der Waals surface area (Å²) < 4.78 is 2.20. The molecule has 1 aliphatic carbocycles. The molecule has 1 aliphatic rings. The minimum absolute atomic E-state index is 0.296. The molecule has 3 rings (SSSR count). The molecule has 1 aromatic heterocycles. The van der Waals surface area contributed by atoms with Crippen LogP contribution in [0.1, 0.15) is 50.3 Å². The zero-order chi connectivity index (χ0) is 16.9. The summed E-state index contributed by atoms with van der Waals surface area (Å²) in [6.45, 7) is 3.57. The van der Waals surface area contributed by atoms with Gasteiger partial charge in [-0.15, -0.1) is 0 Å². The van der Waals surface area contributed by atoms with Crippen LogP contribution >= 0.6 is 11.6 Å². The van der Waals surface area contributed by atoms with Crippen molar-refractivity contribution < 1.29 is 4.79 Å². The molecular formula is C20H25ClN2O. The highest BCUT2D eigenvalue weighted by Gasteiger charge is 2.32. The summed E-state index contributed by atoms with van der Waals surface area (Å²) >= 11 is 6.29. The molecule has 0 bridgehead atoms. The van der Waals surface area contributed by atoms with Gasteiger partial charge in [-0.05, 0) is 43.0 Å². The van der Waals surface area contributed by atoms with Gasteiger partial charge in [-0.2, -0.15) is 0 Å². The van der Waals surface area contributed by atoms with Gasteiger partial charge in [-0.25, -0.2) is 0 Å². The number of carbonyl (C=O) groups is 1. The molecule has 24 heavy (non-hydrogen) atoms. The summed E-state index contributed by atoms with van der Waals surface area (Å²) in [4.78, 5) is 14.6. The average Bonchev–Trinajstić information content (AvgIpc) is 3.33. The quantitative estimate of drug-likeness (QED) is 0.670. The van der Waals surface area contributed by atoms with Crippen LogP contribution in [0.15, 0.2) is 42.6 Å². The molecule has 0 radical (unpaired) electrons. The summed E-state index contributed by atoms with van der Waals surface area (Å²) in [5, 5.41) is 0.787. The molecule has 0 N–H and O–H groups in total. The highest BCUT2D eigenvalue weighted by atomic mass is 35.5. The number of carbonyl (C=O) groups excluding carboxylic acids is 1. The van der Waals surface area contributed by atoms with Crippen molar-refractivity contribution in [2.24, 2.45) is 0 Å². The first-order valence-electron chi connectivity index (χ1n) is 8.86. The molecule has 1 heterocycles. The Labute approximate surface area is 149 Å². The van der Waals surface area contributed by atoms with Gasteiger partial charge in [-0.1, -0.05) is 43.1 Å². The normalized spacial score (nSPS) is 13.9. The van der Waals surface area contributed by atoms with Crippen LogP contribution in [0.2, 0.25) is 5.02 Å². The van der Waals surface area contributed by atoms with E-state index in [9.17, 15) is 4.79 Å². The number of aromatic nitrogens is 1. The van der Waals surface area contributed by atoms with E-state index in [-0.39, 0.29) is 0 Å². The molecule has 3 nitrogen and oxygen atoms in total. The molecule has 0 atom stereocenters. The van der Waals surface area contributed by atoms with E-state index in [2.05, 4.69) is 34.7 Å². The largest absolute Gasteiger partial charge is 0.345 e. The second-order valence-corrected chi connectivity index (χ2v) is 6.98. The van der Waals surface area contributed by atoms with Gasteiger partial charge in [-0.3, -0.25) is 4.79 Å². The van der Waals surface area contributed by atoms with Crippen LogP contribution in [0.5, 0.6) is 0 Å². The SMILES string of the molecule is CCCCC(=O)N(Cc1cccn1Cc1ccccc1Cl)C1CC1. The van der Waals surface area contributed by atoms with E-state index in [4.69, 9.17) is 11.6 Å². The Morgan fingerprint density at radius 3 is 2.75 bits per heavy atom. The van der Waals surface area contributed by atoms with Crippen molar-refractivity contribution in [1.29, 1.82) is 0 Å². The third-order valence-electron chi connectivity index (χ3n) is 4.61. The third kappa shape index (κ3) is 4.21.